The Morgan fingerprint density at radius 1 is 1.62 bits per heavy atom. The Labute approximate surface area is 99.5 Å². The molecule has 0 aliphatic carbocycles. The van der Waals surface area contributed by atoms with Crippen molar-refractivity contribution in [1.29, 1.82) is 0 Å². The van der Waals surface area contributed by atoms with Gasteiger partial charge in [-0.25, -0.2) is 8.42 Å². The summed E-state index contributed by atoms with van der Waals surface area (Å²) in [5.41, 5.74) is 0. The molecule has 7 heteroatoms. The average molecular weight is 218 g/mol. The van der Waals surface area contributed by atoms with Crippen LogP contribution in [0, 0.1) is 5.92 Å². The van der Waals surface area contributed by atoms with Crippen LogP contribution in [0.4, 0.5) is 0 Å². The Kier molecular flexibility index (Phi) is 4.86. The maximum absolute atomic E-state index is 10.7. The van der Waals surface area contributed by atoms with Gasteiger partial charge in [0, 0.05) is 12.3 Å². The van der Waals surface area contributed by atoms with Crippen molar-refractivity contribution in [3.05, 3.63) is 0 Å². The molecule has 0 bridgehead atoms. The van der Waals surface area contributed by atoms with E-state index in [4.69, 9.17) is 4.74 Å². The zero-order chi connectivity index (χ0) is 9.41. The molecule has 1 fully saturated rings. The molecule has 1 aliphatic rings. The van der Waals surface area contributed by atoms with E-state index >= 15 is 0 Å². The van der Waals surface area contributed by atoms with E-state index in [2.05, 4.69) is 0 Å². The molecule has 0 spiro atoms. The van der Waals surface area contributed by atoms with Crippen LogP contribution in [-0.2, 0) is 14.9 Å². The molecule has 2 unspecified atom stereocenters. The van der Waals surface area contributed by atoms with Crippen molar-refractivity contribution in [2.75, 3.05) is 13.2 Å². The van der Waals surface area contributed by atoms with Gasteiger partial charge in [-0.05, 0) is 0 Å². The molecule has 1 heterocycles. The third-order valence-electron chi connectivity index (χ3n) is 2.18. The molecule has 2 atom stereocenters. The fourth-order valence-corrected chi connectivity index (χ4v) is 2.12. The van der Waals surface area contributed by atoms with E-state index in [0.717, 1.165) is 0 Å². The van der Waals surface area contributed by atoms with Crippen molar-refractivity contribution in [2.24, 2.45) is 5.92 Å². The van der Waals surface area contributed by atoms with Crippen LogP contribution in [0.3, 0.4) is 0 Å². The molecule has 0 aromatic carbocycles. The first kappa shape index (κ1) is 13.8. The fourth-order valence-electron chi connectivity index (χ4n) is 1.23. The Morgan fingerprint density at radius 3 is 2.46 bits per heavy atom. The number of aliphatic hydroxyl groups is 1. The topological polar surface area (TPSA) is 86.7 Å². The Morgan fingerprint density at radius 2 is 2.15 bits per heavy atom. The van der Waals surface area contributed by atoms with Crippen LogP contribution in [0.5, 0.6) is 0 Å². The van der Waals surface area contributed by atoms with Crippen molar-refractivity contribution in [3.63, 3.8) is 0 Å². The number of hydrogen-bond acceptors (Lipinski definition) is 5. The first-order chi connectivity index (χ1) is 5.38. The standard InChI is InChI=1S/C6H12O5S.Na/c1-5-4-11-3-2-6(5,7)12(8,9)10;/h5,7H,2-4H2,1H3,(H,8,9,10);/q;+1/p-1. The van der Waals surface area contributed by atoms with E-state index < -0.39 is 21.0 Å². The van der Waals surface area contributed by atoms with Crippen molar-refractivity contribution in [3.8, 4) is 0 Å². The summed E-state index contributed by atoms with van der Waals surface area (Å²) in [5.74, 6) is -0.659. The first-order valence-electron chi connectivity index (χ1n) is 3.63. The number of rotatable bonds is 1. The van der Waals surface area contributed by atoms with Crippen LogP contribution in [0.2, 0.25) is 0 Å². The molecule has 1 rings (SSSR count). The van der Waals surface area contributed by atoms with Crippen LogP contribution in [0.15, 0.2) is 0 Å². The van der Waals surface area contributed by atoms with Gasteiger partial charge in [0.2, 0.25) is 0 Å². The van der Waals surface area contributed by atoms with Crippen LogP contribution >= 0.6 is 0 Å². The molecule has 5 nitrogen and oxygen atoms in total. The summed E-state index contributed by atoms with van der Waals surface area (Å²) in [6.07, 6.45) is -0.139. The molecule has 1 N–H and O–H groups in total. The van der Waals surface area contributed by atoms with Crippen molar-refractivity contribution in [2.45, 2.75) is 18.3 Å². The largest absolute Gasteiger partial charge is 1.00 e. The second-order valence-corrected chi connectivity index (χ2v) is 4.64. The molecule has 72 valence electrons. The number of ether oxygens (including phenoxy) is 1. The monoisotopic (exact) mass is 218 g/mol. The molecular formula is C6H11NaO5S. The van der Waals surface area contributed by atoms with Gasteiger partial charge in [-0.15, -0.1) is 0 Å². The van der Waals surface area contributed by atoms with Crippen LogP contribution < -0.4 is 29.6 Å². The van der Waals surface area contributed by atoms with Gasteiger partial charge in [-0.2, -0.15) is 0 Å². The molecule has 0 aromatic rings. The van der Waals surface area contributed by atoms with Crippen LogP contribution in [-0.4, -0.2) is 36.2 Å². The quantitative estimate of drug-likeness (QED) is 0.361. The molecule has 1 saturated heterocycles. The Balaban J connectivity index is 0.00000144. The van der Waals surface area contributed by atoms with E-state index in [-0.39, 0.29) is 49.2 Å². The summed E-state index contributed by atoms with van der Waals surface area (Å²) < 4.78 is 36.9. The van der Waals surface area contributed by atoms with Gasteiger partial charge in [-0.1, -0.05) is 6.92 Å². The van der Waals surface area contributed by atoms with Crippen molar-refractivity contribution < 1.29 is 52.4 Å². The van der Waals surface area contributed by atoms with Gasteiger partial charge >= 0.3 is 29.6 Å². The minimum atomic E-state index is -4.65. The molecule has 1 aliphatic heterocycles. The summed E-state index contributed by atoms with van der Waals surface area (Å²) >= 11 is 0. The molecule has 13 heavy (non-hydrogen) atoms. The first-order valence-corrected chi connectivity index (χ1v) is 5.04. The summed E-state index contributed by atoms with van der Waals surface area (Å²) in [6.45, 7) is 1.70. The van der Waals surface area contributed by atoms with E-state index in [1.807, 2.05) is 0 Å². The summed E-state index contributed by atoms with van der Waals surface area (Å²) in [6, 6.07) is 0. The summed E-state index contributed by atoms with van der Waals surface area (Å²) in [4.78, 5) is -2.13. The number of hydrogen-bond donors (Lipinski definition) is 1. The van der Waals surface area contributed by atoms with Gasteiger partial charge in [0.05, 0.1) is 13.2 Å². The van der Waals surface area contributed by atoms with Gasteiger partial charge in [0.25, 0.3) is 0 Å². The third kappa shape index (κ3) is 2.65. The maximum atomic E-state index is 10.7. The fraction of sp³-hybridized carbons (Fsp3) is 1.00. The van der Waals surface area contributed by atoms with Crippen LogP contribution in [0.1, 0.15) is 13.3 Å². The second-order valence-electron chi connectivity index (χ2n) is 3.02. The molecule has 0 amide bonds. The minimum absolute atomic E-state index is 0. The average Bonchev–Trinajstić information content (AvgIpc) is 1.93. The zero-order valence-electron chi connectivity index (χ0n) is 7.69. The summed E-state index contributed by atoms with van der Waals surface area (Å²) in [5, 5.41) is 9.50. The van der Waals surface area contributed by atoms with Gasteiger partial charge < -0.3 is 14.4 Å². The van der Waals surface area contributed by atoms with Gasteiger partial charge in [0.15, 0.2) is 4.93 Å². The van der Waals surface area contributed by atoms with E-state index in [0.29, 0.717) is 0 Å². The smallest absolute Gasteiger partial charge is 0.746 e. The van der Waals surface area contributed by atoms with Gasteiger partial charge in [0.1, 0.15) is 10.1 Å². The summed E-state index contributed by atoms with van der Waals surface area (Å²) in [7, 11) is -4.65. The molecule has 0 radical (unpaired) electrons. The zero-order valence-corrected chi connectivity index (χ0v) is 10.5. The minimum Gasteiger partial charge on any atom is -0.746 e. The Bertz CT molecular complexity index is 264. The third-order valence-corrected chi connectivity index (χ3v) is 3.65. The molecule has 0 aromatic heterocycles. The van der Waals surface area contributed by atoms with Crippen molar-refractivity contribution >= 4 is 10.1 Å². The predicted octanol–water partition coefficient (Wildman–Crippen LogP) is -3.72. The van der Waals surface area contributed by atoms with E-state index in [1.54, 1.807) is 0 Å². The maximum Gasteiger partial charge on any atom is 1.00 e. The van der Waals surface area contributed by atoms with Crippen molar-refractivity contribution in [1.82, 2.24) is 0 Å². The van der Waals surface area contributed by atoms with Crippen LogP contribution in [0.25, 0.3) is 0 Å². The predicted molar refractivity (Wildman–Crippen MR) is 39.2 cm³/mol. The van der Waals surface area contributed by atoms with E-state index in [1.165, 1.54) is 6.92 Å². The molecule has 0 saturated carbocycles. The van der Waals surface area contributed by atoms with E-state index in [9.17, 15) is 18.1 Å². The second kappa shape index (κ2) is 4.57. The normalized spacial score (nSPS) is 35.2. The SMILES string of the molecule is CC1COCCC1(O)S(=O)(=O)[O-].[Na+]. The molecular weight excluding hydrogens is 207 g/mol. The van der Waals surface area contributed by atoms with Gasteiger partial charge in [-0.3, -0.25) is 0 Å². The Hall–Kier alpha value is 0.830.